The number of benzene rings is 2. The molecule has 8 heteroatoms. The zero-order chi connectivity index (χ0) is 20.0. The molecule has 0 aliphatic rings. The first kappa shape index (κ1) is 20.1. The van der Waals surface area contributed by atoms with Crippen LogP contribution >= 0.6 is 11.6 Å². The van der Waals surface area contributed by atoms with E-state index in [2.05, 4.69) is 5.32 Å². The molecule has 2 aromatic rings. The molecule has 2 N–H and O–H groups in total. The Balaban J connectivity index is 2.18. The van der Waals surface area contributed by atoms with Crippen molar-refractivity contribution in [2.24, 2.45) is 0 Å². The zero-order valence-electron chi connectivity index (χ0n) is 14.9. The third-order valence-electron chi connectivity index (χ3n) is 3.61. The molecule has 0 atom stereocenters. The van der Waals surface area contributed by atoms with Gasteiger partial charge in [0.1, 0.15) is 11.3 Å². The Morgan fingerprint density at radius 1 is 1.00 bits per heavy atom. The summed E-state index contributed by atoms with van der Waals surface area (Å²) in [5.41, 5.74) is 0.870. The van der Waals surface area contributed by atoms with Crippen LogP contribution in [-0.4, -0.2) is 38.3 Å². The van der Waals surface area contributed by atoms with Crippen LogP contribution in [0.1, 0.15) is 15.9 Å². The number of aromatic carboxylic acids is 1. The molecular weight excluding hydrogens is 374 g/mol. The van der Waals surface area contributed by atoms with E-state index in [0.29, 0.717) is 11.5 Å². The highest BCUT2D eigenvalue weighted by Gasteiger charge is 2.15. The summed E-state index contributed by atoms with van der Waals surface area (Å²) in [5, 5.41) is 11.8. The third kappa shape index (κ3) is 4.92. The number of carbonyl (C=O) groups is 2. The van der Waals surface area contributed by atoms with Gasteiger partial charge in [-0.1, -0.05) is 17.7 Å². The molecule has 0 saturated carbocycles. The molecule has 142 valence electrons. The van der Waals surface area contributed by atoms with Crippen molar-refractivity contribution in [2.45, 2.75) is 0 Å². The number of ether oxygens (including phenoxy) is 3. The molecule has 2 aromatic carbocycles. The molecule has 0 aromatic heterocycles. The normalized spacial score (nSPS) is 10.5. The summed E-state index contributed by atoms with van der Waals surface area (Å²) in [6, 6.07) is 7.79. The van der Waals surface area contributed by atoms with Crippen molar-refractivity contribution in [3.63, 3.8) is 0 Å². The van der Waals surface area contributed by atoms with Crippen LogP contribution < -0.4 is 19.5 Å². The molecule has 27 heavy (non-hydrogen) atoms. The van der Waals surface area contributed by atoms with Crippen molar-refractivity contribution in [3.8, 4) is 17.2 Å². The fourth-order valence-corrected chi connectivity index (χ4v) is 2.50. The van der Waals surface area contributed by atoms with Crippen molar-refractivity contribution < 1.29 is 28.9 Å². The topological polar surface area (TPSA) is 94.1 Å². The van der Waals surface area contributed by atoms with Crippen LogP contribution in [0.3, 0.4) is 0 Å². The summed E-state index contributed by atoms with van der Waals surface area (Å²) < 4.78 is 15.4. The Labute approximate surface area is 161 Å². The van der Waals surface area contributed by atoms with Crippen molar-refractivity contribution in [1.82, 2.24) is 0 Å². The number of nitrogens with one attached hydrogen (secondary N) is 1. The summed E-state index contributed by atoms with van der Waals surface area (Å²) in [5.74, 6) is -0.420. The zero-order valence-corrected chi connectivity index (χ0v) is 15.7. The predicted molar refractivity (Wildman–Crippen MR) is 102 cm³/mol. The first-order valence-electron chi connectivity index (χ1n) is 7.71. The monoisotopic (exact) mass is 391 g/mol. The van der Waals surface area contributed by atoms with Gasteiger partial charge in [-0.3, -0.25) is 4.79 Å². The molecule has 0 aliphatic carbocycles. The van der Waals surface area contributed by atoms with E-state index in [-0.39, 0.29) is 22.0 Å². The van der Waals surface area contributed by atoms with Gasteiger partial charge in [-0.15, -0.1) is 0 Å². The lowest BCUT2D eigenvalue weighted by atomic mass is 10.1. The lowest BCUT2D eigenvalue weighted by Crippen LogP contribution is -2.09. The second kappa shape index (κ2) is 8.95. The number of anilines is 1. The van der Waals surface area contributed by atoms with Crippen LogP contribution in [0.4, 0.5) is 5.69 Å². The number of carboxylic acids is 1. The van der Waals surface area contributed by atoms with E-state index in [9.17, 15) is 9.59 Å². The number of halogens is 1. The highest BCUT2D eigenvalue weighted by molar-refractivity contribution is 6.34. The maximum atomic E-state index is 12.2. The van der Waals surface area contributed by atoms with Gasteiger partial charge >= 0.3 is 5.97 Å². The van der Waals surface area contributed by atoms with Crippen molar-refractivity contribution in [3.05, 3.63) is 52.6 Å². The van der Waals surface area contributed by atoms with Gasteiger partial charge in [0.2, 0.25) is 5.91 Å². The Bertz CT molecular complexity index is 894. The summed E-state index contributed by atoms with van der Waals surface area (Å²) >= 11 is 6.05. The molecule has 0 heterocycles. The average Bonchev–Trinajstić information content (AvgIpc) is 2.67. The number of hydrogen-bond acceptors (Lipinski definition) is 5. The van der Waals surface area contributed by atoms with Gasteiger partial charge < -0.3 is 24.6 Å². The quantitative estimate of drug-likeness (QED) is 0.698. The molecule has 0 spiro atoms. The van der Waals surface area contributed by atoms with E-state index >= 15 is 0 Å². The van der Waals surface area contributed by atoms with Crippen molar-refractivity contribution >= 4 is 35.2 Å². The summed E-state index contributed by atoms with van der Waals surface area (Å²) in [6.45, 7) is 0. The first-order valence-corrected chi connectivity index (χ1v) is 8.09. The highest BCUT2D eigenvalue weighted by atomic mass is 35.5. The Kier molecular flexibility index (Phi) is 6.67. The van der Waals surface area contributed by atoms with Gasteiger partial charge in [0.05, 0.1) is 32.0 Å². The second-order valence-electron chi connectivity index (χ2n) is 5.27. The van der Waals surface area contributed by atoms with Gasteiger partial charge in [-0.25, -0.2) is 4.79 Å². The molecule has 1 amide bonds. The molecule has 0 aliphatic heterocycles. The minimum absolute atomic E-state index is 0.0843. The fraction of sp³-hybridized carbons (Fsp3) is 0.158. The van der Waals surface area contributed by atoms with Crippen molar-refractivity contribution in [2.75, 3.05) is 26.6 Å². The molecular formula is C19H18ClNO6. The number of carboxylic acid groups (broad SMARTS) is 1. The lowest BCUT2D eigenvalue weighted by Gasteiger charge is -2.10. The van der Waals surface area contributed by atoms with E-state index < -0.39 is 11.9 Å². The van der Waals surface area contributed by atoms with Crippen LogP contribution in [0.2, 0.25) is 5.02 Å². The van der Waals surface area contributed by atoms with Gasteiger partial charge in [0.25, 0.3) is 0 Å². The molecule has 0 bridgehead atoms. The number of rotatable bonds is 7. The number of carbonyl (C=O) groups excluding carboxylic acids is 1. The lowest BCUT2D eigenvalue weighted by molar-refractivity contribution is -0.111. The number of amides is 1. The van der Waals surface area contributed by atoms with Gasteiger partial charge in [0, 0.05) is 12.1 Å². The minimum Gasteiger partial charge on any atom is -0.496 e. The van der Waals surface area contributed by atoms with Gasteiger partial charge in [-0.05, 0) is 29.8 Å². The Morgan fingerprint density at radius 3 is 2.26 bits per heavy atom. The smallest absolute Gasteiger partial charge is 0.339 e. The Hall–Kier alpha value is -3.19. The maximum absolute atomic E-state index is 12.2. The Morgan fingerprint density at radius 2 is 1.67 bits per heavy atom. The van der Waals surface area contributed by atoms with Gasteiger partial charge in [-0.2, -0.15) is 0 Å². The van der Waals surface area contributed by atoms with Crippen molar-refractivity contribution in [1.29, 1.82) is 0 Å². The molecule has 7 nitrogen and oxygen atoms in total. The molecule has 0 saturated heterocycles. The number of hydrogen-bond donors (Lipinski definition) is 2. The first-order chi connectivity index (χ1) is 12.9. The van der Waals surface area contributed by atoms with Crippen LogP contribution in [-0.2, 0) is 4.79 Å². The fourth-order valence-electron chi connectivity index (χ4n) is 2.29. The predicted octanol–water partition coefficient (Wildman–Crippen LogP) is 3.72. The largest absolute Gasteiger partial charge is 0.496 e. The van der Waals surface area contributed by atoms with E-state index in [1.165, 1.54) is 39.5 Å². The summed E-state index contributed by atoms with van der Waals surface area (Å²) in [7, 11) is 4.39. The number of methoxy groups -OCH3 is 3. The van der Waals surface area contributed by atoms with E-state index in [1.54, 1.807) is 24.3 Å². The standard InChI is InChI=1S/C19H18ClNO6/c1-25-15-6-4-11(8-17(15)27-3)5-7-18(22)21-14-10-16(26-2)12(19(23)24)9-13(14)20/h4-10H,1-3H3,(H,21,22)(H,23,24)/b7-5+. The van der Waals surface area contributed by atoms with Gasteiger partial charge in [0.15, 0.2) is 11.5 Å². The van der Waals surface area contributed by atoms with Crippen LogP contribution in [0.5, 0.6) is 17.2 Å². The third-order valence-corrected chi connectivity index (χ3v) is 3.92. The second-order valence-corrected chi connectivity index (χ2v) is 5.68. The van der Waals surface area contributed by atoms with Crippen LogP contribution in [0.15, 0.2) is 36.4 Å². The maximum Gasteiger partial charge on any atom is 0.339 e. The molecule has 0 unspecified atom stereocenters. The SMILES string of the molecule is COc1ccc(/C=C/C(=O)Nc2cc(OC)c(C(=O)O)cc2Cl)cc1OC. The average molecular weight is 392 g/mol. The van der Waals surface area contributed by atoms with E-state index in [4.69, 9.17) is 30.9 Å². The summed E-state index contributed by atoms with van der Waals surface area (Å²) in [4.78, 5) is 23.3. The van der Waals surface area contributed by atoms with Crippen LogP contribution in [0, 0.1) is 0 Å². The van der Waals surface area contributed by atoms with Crippen LogP contribution in [0.25, 0.3) is 6.08 Å². The van der Waals surface area contributed by atoms with E-state index in [1.807, 2.05) is 0 Å². The summed E-state index contributed by atoms with van der Waals surface area (Å²) in [6.07, 6.45) is 2.91. The molecule has 0 fully saturated rings. The molecule has 0 radical (unpaired) electrons. The highest BCUT2D eigenvalue weighted by Crippen LogP contribution is 2.31. The minimum atomic E-state index is -1.18. The molecule has 2 rings (SSSR count). The van der Waals surface area contributed by atoms with E-state index in [0.717, 1.165) is 5.56 Å².